The van der Waals surface area contributed by atoms with Gasteiger partial charge in [-0.1, -0.05) is 11.6 Å². The van der Waals surface area contributed by atoms with Crippen LogP contribution in [-0.2, 0) is 0 Å². The van der Waals surface area contributed by atoms with Crippen LogP contribution in [0, 0.1) is 5.92 Å². The fraction of sp³-hybridized carbons (Fsp3) is 0.533. The van der Waals surface area contributed by atoms with Crippen LogP contribution in [0.15, 0.2) is 18.2 Å². The first-order chi connectivity index (χ1) is 10.1. The number of aliphatic hydroxyl groups excluding tert-OH is 1. The highest BCUT2D eigenvalue weighted by molar-refractivity contribution is 6.32. The van der Waals surface area contributed by atoms with Crippen LogP contribution in [0.4, 0.5) is 10.5 Å². The third-order valence-electron chi connectivity index (χ3n) is 3.64. The number of carbonyl (C=O) groups excluding carboxylic acids is 1. The molecule has 0 aromatic heterocycles. The smallest absolute Gasteiger partial charge is 0.321 e. The Morgan fingerprint density at radius 3 is 2.76 bits per heavy atom. The van der Waals surface area contributed by atoms with Gasteiger partial charge in [0.15, 0.2) is 0 Å². The molecule has 6 heteroatoms. The molecule has 0 unspecified atom stereocenters. The Kier molecular flexibility index (Phi) is 5.70. The topological polar surface area (TPSA) is 61.8 Å². The summed E-state index contributed by atoms with van der Waals surface area (Å²) in [5.74, 6) is 0.926. The van der Waals surface area contributed by atoms with Crippen LogP contribution in [0.1, 0.15) is 19.8 Å². The van der Waals surface area contributed by atoms with Crippen molar-refractivity contribution in [3.05, 3.63) is 23.2 Å². The predicted molar refractivity (Wildman–Crippen MR) is 83.0 cm³/mol. The number of urea groups is 1. The first-order valence-electron chi connectivity index (χ1n) is 7.23. The lowest BCUT2D eigenvalue weighted by molar-refractivity contribution is 0.143. The molecular weight excluding hydrogens is 292 g/mol. The van der Waals surface area contributed by atoms with Gasteiger partial charge < -0.3 is 20.1 Å². The molecule has 1 heterocycles. The number of likely N-dealkylation sites (tertiary alicyclic amines) is 1. The monoisotopic (exact) mass is 312 g/mol. The summed E-state index contributed by atoms with van der Waals surface area (Å²) in [4.78, 5) is 13.9. The van der Waals surface area contributed by atoms with Gasteiger partial charge in [-0.3, -0.25) is 0 Å². The first kappa shape index (κ1) is 15.9. The summed E-state index contributed by atoms with van der Waals surface area (Å²) in [7, 11) is 0. The minimum atomic E-state index is -0.133. The minimum Gasteiger partial charge on any atom is -0.492 e. The Morgan fingerprint density at radius 1 is 1.48 bits per heavy atom. The number of carbonyl (C=O) groups is 1. The summed E-state index contributed by atoms with van der Waals surface area (Å²) in [6.07, 6.45) is 1.68. The second kappa shape index (κ2) is 7.52. The summed E-state index contributed by atoms with van der Waals surface area (Å²) in [5, 5.41) is 12.4. The first-order valence-corrected chi connectivity index (χ1v) is 7.61. The zero-order valence-electron chi connectivity index (χ0n) is 12.1. The average molecular weight is 313 g/mol. The summed E-state index contributed by atoms with van der Waals surface area (Å²) in [6, 6.07) is 5.08. The molecule has 5 nitrogen and oxygen atoms in total. The summed E-state index contributed by atoms with van der Waals surface area (Å²) >= 11 is 6.10. The van der Waals surface area contributed by atoms with E-state index in [1.807, 2.05) is 6.92 Å². The van der Waals surface area contributed by atoms with E-state index in [1.165, 1.54) is 0 Å². The largest absolute Gasteiger partial charge is 0.492 e. The molecule has 1 aliphatic rings. The van der Waals surface area contributed by atoms with Gasteiger partial charge in [0.2, 0.25) is 0 Å². The second-order valence-electron chi connectivity index (χ2n) is 5.12. The average Bonchev–Trinajstić information content (AvgIpc) is 2.50. The van der Waals surface area contributed by atoms with Gasteiger partial charge in [-0.25, -0.2) is 4.79 Å². The number of benzene rings is 1. The van der Waals surface area contributed by atoms with E-state index in [9.17, 15) is 4.79 Å². The van der Waals surface area contributed by atoms with Crippen molar-refractivity contribution >= 4 is 23.3 Å². The third-order valence-corrected chi connectivity index (χ3v) is 3.94. The highest BCUT2D eigenvalue weighted by Crippen LogP contribution is 2.28. The van der Waals surface area contributed by atoms with Crippen LogP contribution in [-0.4, -0.2) is 42.3 Å². The molecule has 116 valence electrons. The van der Waals surface area contributed by atoms with Crippen molar-refractivity contribution in [2.75, 3.05) is 31.6 Å². The lowest BCUT2D eigenvalue weighted by atomic mass is 9.98. The van der Waals surface area contributed by atoms with Crippen molar-refractivity contribution < 1.29 is 14.6 Å². The number of ether oxygens (including phenoxy) is 1. The molecule has 0 atom stereocenters. The Bertz CT molecular complexity index is 488. The van der Waals surface area contributed by atoms with Gasteiger partial charge >= 0.3 is 6.03 Å². The standard InChI is InChI=1S/C15H21ClN2O3/c1-2-21-14-4-3-12(9-13(14)16)17-15(20)18-7-5-11(10-19)6-8-18/h3-4,9,11,19H,2,5-8,10H2,1H3,(H,17,20). The number of aliphatic hydroxyl groups is 1. The molecule has 0 bridgehead atoms. The van der Waals surface area contributed by atoms with Crippen molar-refractivity contribution in [1.29, 1.82) is 0 Å². The fourth-order valence-electron chi connectivity index (χ4n) is 2.37. The van der Waals surface area contributed by atoms with Gasteiger partial charge in [0, 0.05) is 25.4 Å². The number of hydrogen-bond donors (Lipinski definition) is 2. The minimum absolute atomic E-state index is 0.133. The van der Waals surface area contributed by atoms with E-state index in [4.69, 9.17) is 21.4 Å². The third kappa shape index (κ3) is 4.25. The van der Waals surface area contributed by atoms with E-state index in [0.29, 0.717) is 42.1 Å². The number of rotatable bonds is 4. The van der Waals surface area contributed by atoms with E-state index in [2.05, 4.69) is 5.32 Å². The highest BCUT2D eigenvalue weighted by Gasteiger charge is 2.22. The molecule has 1 aromatic rings. The van der Waals surface area contributed by atoms with Crippen molar-refractivity contribution in [2.45, 2.75) is 19.8 Å². The van der Waals surface area contributed by atoms with Gasteiger partial charge in [0.05, 0.1) is 11.6 Å². The molecule has 1 saturated heterocycles. The van der Waals surface area contributed by atoms with Crippen molar-refractivity contribution in [3.63, 3.8) is 0 Å². The molecule has 2 amide bonds. The maximum absolute atomic E-state index is 12.2. The molecule has 1 aliphatic heterocycles. The second-order valence-corrected chi connectivity index (χ2v) is 5.53. The molecular formula is C15H21ClN2O3. The maximum atomic E-state index is 12.2. The van der Waals surface area contributed by atoms with Crippen molar-refractivity contribution in [2.24, 2.45) is 5.92 Å². The van der Waals surface area contributed by atoms with Gasteiger partial charge in [-0.2, -0.15) is 0 Å². The predicted octanol–water partition coefficient (Wildman–Crippen LogP) is 2.97. The van der Waals surface area contributed by atoms with Gasteiger partial charge in [-0.15, -0.1) is 0 Å². The van der Waals surface area contributed by atoms with Crippen molar-refractivity contribution in [1.82, 2.24) is 4.90 Å². The van der Waals surface area contributed by atoms with Gasteiger partial charge in [0.1, 0.15) is 5.75 Å². The number of nitrogens with zero attached hydrogens (tertiary/aromatic N) is 1. The zero-order valence-corrected chi connectivity index (χ0v) is 12.9. The summed E-state index contributed by atoms with van der Waals surface area (Å²) in [5.41, 5.74) is 0.651. The van der Waals surface area contributed by atoms with Crippen LogP contribution in [0.2, 0.25) is 5.02 Å². The van der Waals surface area contributed by atoms with Gasteiger partial charge in [-0.05, 0) is 43.9 Å². The molecule has 21 heavy (non-hydrogen) atoms. The fourth-order valence-corrected chi connectivity index (χ4v) is 2.61. The van der Waals surface area contributed by atoms with Crippen LogP contribution < -0.4 is 10.1 Å². The lowest BCUT2D eigenvalue weighted by Crippen LogP contribution is -2.41. The van der Waals surface area contributed by atoms with Crippen molar-refractivity contribution in [3.8, 4) is 5.75 Å². The quantitative estimate of drug-likeness (QED) is 0.898. The molecule has 0 spiro atoms. The summed E-state index contributed by atoms with van der Waals surface area (Å²) in [6.45, 7) is 3.97. The SMILES string of the molecule is CCOc1ccc(NC(=O)N2CCC(CO)CC2)cc1Cl. The van der Waals surface area contributed by atoms with Crippen LogP contribution >= 0.6 is 11.6 Å². The maximum Gasteiger partial charge on any atom is 0.321 e. The Hall–Kier alpha value is -1.46. The van der Waals surface area contributed by atoms with Crippen LogP contribution in [0.5, 0.6) is 5.75 Å². The number of anilines is 1. The Morgan fingerprint density at radius 2 is 2.19 bits per heavy atom. The van der Waals surface area contributed by atoms with E-state index in [0.717, 1.165) is 12.8 Å². The van der Waals surface area contributed by atoms with E-state index in [-0.39, 0.29) is 12.6 Å². The normalized spacial score (nSPS) is 15.9. The number of nitrogens with one attached hydrogen (secondary N) is 1. The number of halogens is 1. The number of hydrogen-bond acceptors (Lipinski definition) is 3. The molecule has 0 aliphatic carbocycles. The lowest BCUT2D eigenvalue weighted by Gasteiger charge is -2.31. The van der Waals surface area contributed by atoms with E-state index >= 15 is 0 Å². The Balaban J connectivity index is 1.92. The Labute approximate surface area is 129 Å². The number of piperidine rings is 1. The molecule has 0 radical (unpaired) electrons. The van der Waals surface area contributed by atoms with Crippen LogP contribution in [0.3, 0.4) is 0 Å². The molecule has 2 N–H and O–H groups in total. The highest BCUT2D eigenvalue weighted by atomic mass is 35.5. The molecule has 1 fully saturated rings. The zero-order chi connectivity index (χ0) is 15.2. The molecule has 0 saturated carbocycles. The summed E-state index contributed by atoms with van der Waals surface area (Å²) < 4.78 is 5.36. The van der Waals surface area contributed by atoms with Crippen LogP contribution in [0.25, 0.3) is 0 Å². The van der Waals surface area contributed by atoms with E-state index < -0.39 is 0 Å². The van der Waals surface area contributed by atoms with Gasteiger partial charge in [0.25, 0.3) is 0 Å². The molecule has 2 rings (SSSR count). The number of amides is 2. The molecule has 1 aromatic carbocycles. The van der Waals surface area contributed by atoms with E-state index in [1.54, 1.807) is 23.1 Å².